The molecule has 0 aromatic carbocycles. The summed E-state index contributed by atoms with van der Waals surface area (Å²) in [4.78, 5) is 6.27. The van der Waals surface area contributed by atoms with Gasteiger partial charge in [0.05, 0.1) is 0 Å². The van der Waals surface area contributed by atoms with E-state index in [-0.39, 0.29) is 20.1 Å². The molecule has 2 nitrogen and oxygen atoms in total. The average Bonchev–Trinajstić information content (AvgIpc) is 2.19. The first-order chi connectivity index (χ1) is 6.36. The Kier molecular flexibility index (Phi) is 4.11. The maximum Gasteiger partial charge on any atom is 0.284 e. The summed E-state index contributed by atoms with van der Waals surface area (Å²) in [7, 11) is 1.99. The van der Waals surface area contributed by atoms with Crippen molar-refractivity contribution in [3.05, 3.63) is 48.2 Å². The van der Waals surface area contributed by atoms with E-state index in [0.717, 1.165) is 5.82 Å². The van der Waals surface area contributed by atoms with Crippen LogP contribution in [0.1, 0.15) is 5.56 Å². The van der Waals surface area contributed by atoms with E-state index in [1.165, 1.54) is 5.56 Å². The van der Waals surface area contributed by atoms with Crippen molar-refractivity contribution >= 4 is 13.2 Å². The first-order valence-corrected chi connectivity index (χ1v) is 4.25. The SMILES string of the molecule is Cc1ccnc(N2[B]C=CC=C2)c1.[Ir]. The van der Waals surface area contributed by atoms with Crippen LogP contribution in [-0.4, -0.2) is 12.4 Å². The fourth-order valence-corrected chi connectivity index (χ4v) is 1.21. The molecule has 0 atom stereocenters. The molecule has 0 amide bonds. The minimum atomic E-state index is 0. The number of pyridine rings is 1. The molecule has 1 aliphatic heterocycles. The summed E-state index contributed by atoms with van der Waals surface area (Å²) < 4.78 is 0. The van der Waals surface area contributed by atoms with Gasteiger partial charge in [-0.1, -0.05) is 12.1 Å². The quantitative estimate of drug-likeness (QED) is 0.710. The van der Waals surface area contributed by atoms with Crippen molar-refractivity contribution in [2.75, 3.05) is 4.81 Å². The molecule has 0 fully saturated rings. The van der Waals surface area contributed by atoms with Crippen molar-refractivity contribution in [1.82, 2.24) is 4.98 Å². The van der Waals surface area contributed by atoms with Gasteiger partial charge in [0.25, 0.3) is 7.41 Å². The fourth-order valence-electron chi connectivity index (χ4n) is 1.21. The summed E-state index contributed by atoms with van der Waals surface area (Å²) in [6.07, 6.45) is 7.79. The van der Waals surface area contributed by atoms with Gasteiger partial charge in [-0.15, -0.1) is 0 Å². The molecule has 0 saturated carbocycles. The number of aryl methyl sites for hydroxylation is 1. The zero-order valence-electron chi connectivity index (χ0n) is 7.85. The van der Waals surface area contributed by atoms with E-state index in [0.29, 0.717) is 0 Å². The normalized spacial score (nSPS) is 13.4. The maximum atomic E-state index is 4.27. The van der Waals surface area contributed by atoms with E-state index in [4.69, 9.17) is 0 Å². The van der Waals surface area contributed by atoms with Crippen molar-refractivity contribution in [2.45, 2.75) is 6.92 Å². The number of aromatic nitrogens is 1. The van der Waals surface area contributed by atoms with Crippen molar-refractivity contribution in [3.8, 4) is 0 Å². The predicted octanol–water partition coefficient (Wildman–Crippen LogP) is 1.85. The minimum absolute atomic E-state index is 0. The summed E-state index contributed by atoms with van der Waals surface area (Å²) in [6.45, 7) is 2.06. The molecule has 1 aromatic rings. The molecule has 1 aliphatic rings. The van der Waals surface area contributed by atoms with E-state index < -0.39 is 0 Å². The molecule has 2 heterocycles. The maximum absolute atomic E-state index is 4.27. The molecular formula is C10H10BIrN2. The number of allylic oxidation sites excluding steroid dienone is 2. The molecule has 0 spiro atoms. The molecule has 72 valence electrons. The zero-order valence-corrected chi connectivity index (χ0v) is 10.2. The summed E-state index contributed by atoms with van der Waals surface area (Å²) >= 11 is 0. The van der Waals surface area contributed by atoms with Crippen LogP contribution < -0.4 is 4.81 Å². The Labute approximate surface area is 98.3 Å². The molecule has 0 N–H and O–H groups in total. The van der Waals surface area contributed by atoms with Crippen molar-refractivity contribution in [3.63, 3.8) is 0 Å². The van der Waals surface area contributed by atoms with Crippen LogP contribution in [0.15, 0.2) is 42.7 Å². The van der Waals surface area contributed by atoms with Crippen LogP contribution in [-0.2, 0) is 20.1 Å². The van der Waals surface area contributed by atoms with Crippen LogP contribution in [0.25, 0.3) is 0 Å². The van der Waals surface area contributed by atoms with Gasteiger partial charge in [-0.2, -0.15) is 0 Å². The van der Waals surface area contributed by atoms with Gasteiger partial charge in [0.1, 0.15) is 5.82 Å². The number of rotatable bonds is 1. The summed E-state index contributed by atoms with van der Waals surface area (Å²) in [5.41, 5.74) is 1.22. The molecule has 0 saturated heterocycles. The van der Waals surface area contributed by atoms with Gasteiger partial charge >= 0.3 is 0 Å². The third-order valence-corrected chi connectivity index (χ3v) is 1.88. The van der Waals surface area contributed by atoms with E-state index in [1.54, 1.807) is 0 Å². The predicted molar refractivity (Wildman–Crippen MR) is 55.5 cm³/mol. The van der Waals surface area contributed by atoms with E-state index >= 15 is 0 Å². The largest absolute Gasteiger partial charge is 0.377 e. The standard InChI is InChI=1S/C10H10BN2.Ir/c1-9-4-6-12-10(8-9)13-7-3-2-5-11-13;/h2-8H,1H3;. The van der Waals surface area contributed by atoms with E-state index in [1.807, 2.05) is 48.8 Å². The Morgan fingerprint density at radius 1 is 1.36 bits per heavy atom. The van der Waals surface area contributed by atoms with Crippen molar-refractivity contribution in [2.24, 2.45) is 0 Å². The first kappa shape index (κ1) is 11.2. The molecule has 0 bridgehead atoms. The molecule has 14 heavy (non-hydrogen) atoms. The number of nitrogens with zero attached hydrogens (tertiary/aromatic N) is 2. The van der Waals surface area contributed by atoms with Crippen LogP contribution in [0.4, 0.5) is 5.82 Å². The molecule has 0 aliphatic carbocycles. The molecular weight excluding hydrogens is 351 g/mol. The Bertz CT molecular complexity index is 363. The van der Waals surface area contributed by atoms with Gasteiger partial charge in [-0.25, -0.2) is 4.98 Å². The second-order valence-corrected chi connectivity index (χ2v) is 2.97. The van der Waals surface area contributed by atoms with E-state index in [2.05, 4.69) is 18.0 Å². The molecule has 1 aromatic heterocycles. The third kappa shape index (κ3) is 2.57. The van der Waals surface area contributed by atoms with Crippen LogP contribution >= 0.6 is 0 Å². The second-order valence-electron chi connectivity index (χ2n) is 2.97. The number of hydrogen-bond donors (Lipinski definition) is 0. The summed E-state index contributed by atoms with van der Waals surface area (Å²) in [6, 6.07) is 4.05. The topological polar surface area (TPSA) is 16.1 Å². The Morgan fingerprint density at radius 3 is 2.86 bits per heavy atom. The Balaban J connectivity index is 0.000000980. The molecule has 2 rings (SSSR count). The minimum Gasteiger partial charge on any atom is -0.377 e. The van der Waals surface area contributed by atoms with Gasteiger partial charge in [-0.3, -0.25) is 0 Å². The van der Waals surface area contributed by atoms with Crippen LogP contribution in [0.5, 0.6) is 0 Å². The van der Waals surface area contributed by atoms with Crippen molar-refractivity contribution < 1.29 is 20.1 Å². The van der Waals surface area contributed by atoms with Gasteiger partial charge in [-0.05, 0) is 36.9 Å². The van der Waals surface area contributed by atoms with Gasteiger partial charge < -0.3 is 4.81 Å². The second kappa shape index (κ2) is 5.13. The first-order valence-electron chi connectivity index (χ1n) is 4.25. The summed E-state index contributed by atoms with van der Waals surface area (Å²) in [5.74, 6) is 2.95. The van der Waals surface area contributed by atoms with Gasteiger partial charge in [0.15, 0.2) is 0 Å². The smallest absolute Gasteiger partial charge is 0.284 e. The Hall–Kier alpha value is -0.856. The fraction of sp³-hybridized carbons (Fsp3) is 0.100. The third-order valence-electron chi connectivity index (χ3n) is 1.88. The van der Waals surface area contributed by atoms with Gasteiger partial charge in [0, 0.05) is 26.3 Å². The van der Waals surface area contributed by atoms with Crippen LogP contribution in [0.2, 0.25) is 0 Å². The monoisotopic (exact) mass is 362 g/mol. The van der Waals surface area contributed by atoms with E-state index in [9.17, 15) is 0 Å². The molecule has 0 unspecified atom stereocenters. The Morgan fingerprint density at radius 2 is 2.21 bits per heavy atom. The van der Waals surface area contributed by atoms with Crippen LogP contribution in [0.3, 0.4) is 0 Å². The van der Waals surface area contributed by atoms with Crippen molar-refractivity contribution in [1.29, 1.82) is 0 Å². The molecule has 2 radical (unpaired) electrons. The van der Waals surface area contributed by atoms with Gasteiger partial charge in [0.2, 0.25) is 0 Å². The molecule has 4 heteroatoms. The number of hydrogen-bond acceptors (Lipinski definition) is 2. The number of anilines is 1. The summed E-state index contributed by atoms with van der Waals surface area (Å²) in [5, 5.41) is 0. The average molecular weight is 361 g/mol. The zero-order chi connectivity index (χ0) is 9.10. The van der Waals surface area contributed by atoms with Crippen LogP contribution in [0, 0.1) is 6.92 Å².